The molecule has 1 aromatic heterocycles. The SMILES string of the molecule is CC[C@@](C)(NC=O)C(=O)N(C)c1ccnc(Oc2ccc(Cl)c(OC)c2)c1. The Morgan fingerprint density at radius 2 is 2.11 bits per heavy atom. The van der Waals surface area contributed by atoms with Gasteiger partial charge in [0.05, 0.1) is 17.8 Å². The van der Waals surface area contributed by atoms with Gasteiger partial charge in [0, 0.05) is 25.4 Å². The number of carbonyl (C=O) groups is 2. The van der Waals surface area contributed by atoms with Crippen molar-refractivity contribution in [3.63, 3.8) is 0 Å². The van der Waals surface area contributed by atoms with Crippen LogP contribution in [0, 0.1) is 0 Å². The number of hydrogen-bond acceptors (Lipinski definition) is 5. The molecule has 1 heterocycles. The molecule has 0 spiro atoms. The van der Waals surface area contributed by atoms with Crippen molar-refractivity contribution in [1.82, 2.24) is 10.3 Å². The lowest BCUT2D eigenvalue weighted by molar-refractivity contribution is -0.127. The average Bonchev–Trinajstić information content (AvgIpc) is 2.68. The van der Waals surface area contributed by atoms with E-state index in [-0.39, 0.29) is 5.91 Å². The number of halogens is 1. The van der Waals surface area contributed by atoms with E-state index >= 15 is 0 Å². The van der Waals surface area contributed by atoms with Gasteiger partial charge in [0.2, 0.25) is 12.3 Å². The maximum Gasteiger partial charge on any atom is 0.252 e. The first kappa shape index (κ1) is 20.5. The van der Waals surface area contributed by atoms with Crippen LogP contribution in [0.1, 0.15) is 20.3 Å². The number of aromatic nitrogens is 1. The summed E-state index contributed by atoms with van der Waals surface area (Å²) in [4.78, 5) is 29.3. The summed E-state index contributed by atoms with van der Waals surface area (Å²) in [5, 5.41) is 3.06. The minimum Gasteiger partial charge on any atom is -0.495 e. The van der Waals surface area contributed by atoms with E-state index in [0.717, 1.165) is 0 Å². The second kappa shape index (κ2) is 8.73. The first-order valence-electron chi connectivity index (χ1n) is 8.31. The molecule has 1 aromatic carbocycles. The number of anilines is 1. The predicted molar refractivity (Wildman–Crippen MR) is 104 cm³/mol. The van der Waals surface area contributed by atoms with Crippen molar-refractivity contribution in [2.24, 2.45) is 0 Å². The number of hydrogen-bond donors (Lipinski definition) is 1. The van der Waals surface area contributed by atoms with Crippen molar-refractivity contribution in [1.29, 1.82) is 0 Å². The van der Waals surface area contributed by atoms with Gasteiger partial charge in [-0.2, -0.15) is 0 Å². The van der Waals surface area contributed by atoms with E-state index in [4.69, 9.17) is 21.1 Å². The fraction of sp³-hybridized carbons (Fsp3) is 0.316. The first-order valence-corrected chi connectivity index (χ1v) is 8.69. The van der Waals surface area contributed by atoms with E-state index in [2.05, 4.69) is 10.3 Å². The maximum absolute atomic E-state index is 12.8. The Hall–Kier alpha value is -2.80. The van der Waals surface area contributed by atoms with Crippen LogP contribution in [0.2, 0.25) is 5.02 Å². The monoisotopic (exact) mass is 391 g/mol. The van der Waals surface area contributed by atoms with Gasteiger partial charge in [-0.15, -0.1) is 0 Å². The molecule has 0 aliphatic carbocycles. The molecule has 0 unspecified atom stereocenters. The summed E-state index contributed by atoms with van der Waals surface area (Å²) in [7, 11) is 3.15. The van der Waals surface area contributed by atoms with Gasteiger partial charge in [0.1, 0.15) is 17.0 Å². The van der Waals surface area contributed by atoms with Gasteiger partial charge in [-0.3, -0.25) is 9.59 Å². The highest BCUT2D eigenvalue weighted by Gasteiger charge is 2.33. The molecular formula is C19H22ClN3O4. The summed E-state index contributed by atoms with van der Waals surface area (Å²) < 4.78 is 10.9. The molecule has 1 N–H and O–H groups in total. The number of rotatable bonds is 8. The molecule has 0 aliphatic rings. The molecule has 0 radical (unpaired) electrons. The third-order valence-corrected chi connectivity index (χ3v) is 4.62. The molecule has 0 bridgehead atoms. The second-order valence-electron chi connectivity index (χ2n) is 6.06. The third-order valence-electron chi connectivity index (χ3n) is 4.31. The summed E-state index contributed by atoms with van der Waals surface area (Å²) >= 11 is 6.01. The van der Waals surface area contributed by atoms with Gasteiger partial charge in [-0.25, -0.2) is 4.98 Å². The van der Waals surface area contributed by atoms with E-state index in [1.165, 1.54) is 18.2 Å². The minimum atomic E-state index is -0.996. The highest BCUT2D eigenvalue weighted by molar-refractivity contribution is 6.32. The van der Waals surface area contributed by atoms with Crippen molar-refractivity contribution in [2.45, 2.75) is 25.8 Å². The Balaban J connectivity index is 2.24. The molecule has 8 heteroatoms. The zero-order valence-corrected chi connectivity index (χ0v) is 16.4. The molecular weight excluding hydrogens is 370 g/mol. The van der Waals surface area contributed by atoms with Gasteiger partial charge in [0.25, 0.3) is 5.91 Å². The van der Waals surface area contributed by atoms with Crippen LogP contribution < -0.4 is 19.7 Å². The predicted octanol–water partition coefficient (Wildman–Crippen LogP) is 3.41. The summed E-state index contributed by atoms with van der Waals surface area (Å²) in [6, 6.07) is 8.32. The Kier molecular flexibility index (Phi) is 6.63. The second-order valence-corrected chi connectivity index (χ2v) is 6.47. The molecule has 27 heavy (non-hydrogen) atoms. The highest BCUT2D eigenvalue weighted by atomic mass is 35.5. The van der Waals surface area contributed by atoms with E-state index in [0.29, 0.717) is 40.9 Å². The van der Waals surface area contributed by atoms with Crippen molar-refractivity contribution < 1.29 is 19.1 Å². The van der Waals surface area contributed by atoms with Crippen molar-refractivity contribution in [2.75, 3.05) is 19.1 Å². The largest absolute Gasteiger partial charge is 0.495 e. The van der Waals surface area contributed by atoms with Crippen molar-refractivity contribution >= 4 is 29.6 Å². The summed E-state index contributed by atoms with van der Waals surface area (Å²) in [6.45, 7) is 3.51. The summed E-state index contributed by atoms with van der Waals surface area (Å²) in [6.07, 6.45) is 2.52. The standard InChI is InChI=1S/C19H22ClN3O4/c1-5-19(2,22-12-24)18(25)23(3)13-8-9-21-17(10-13)27-14-6-7-15(20)16(11-14)26-4/h6-12H,5H2,1-4H3,(H,22,24)/t19-/m1/s1. The number of ether oxygens (including phenoxy) is 2. The van der Waals surface area contributed by atoms with E-state index in [9.17, 15) is 9.59 Å². The number of likely N-dealkylation sites (N-methyl/N-ethyl adjacent to an activating group) is 1. The molecule has 7 nitrogen and oxygen atoms in total. The number of methoxy groups -OCH3 is 1. The lowest BCUT2D eigenvalue weighted by Gasteiger charge is -2.31. The van der Waals surface area contributed by atoms with Crippen LogP contribution in [0.4, 0.5) is 5.69 Å². The number of nitrogens with one attached hydrogen (secondary N) is 1. The Bertz CT molecular complexity index is 830. The zero-order chi connectivity index (χ0) is 20.0. The topological polar surface area (TPSA) is 80.8 Å². The van der Waals surface area contributed by atoms with Crippen LogP contribution in [-0.2, 0) is 9.59 Å². The number of carbonyl (C=O) groups excluding carboxylic acids is 2. The van der Waals surface area contributed by atoms with Crippen LogP contribution in [0.3, 0.4) is 0 Å². The molecule has 1 atom stereocenters. The minimum absolute atomic E-state index is 0.248. The fourth-order valence-corrected chi connectivity index (χ4v) is 2.61. The van der Waals surface area contributed by atoms with Crippen LogP contribution in [0.15, 0.2) is 36.5 Å². The molecule has 2 amide bonds. The molecule has 2 aromatic rings. The van der Waals surface area contributed by atoms with Gasteiger partial charge in [-0.1, -0.05) is 18.5 Å². The van der Waals surface area contributed by atoms with E-state index in [1.54, 1.807) is 44.3 Å². The molecule has 2 rings (SSSR count). The third kappa shape index (κ3) is 4.68. The fourth-order valence-electron chi connectivity index (χ4n) is 2.42. The lowest BCUT2D eigenvalue weighted by atomic mass is 9.97. The van der Waals surface area contributed by atoms with Gasteiger partial charge < -0.3 is 19.7 Å². The van der Waals surface area contributed by atoms with Gasteiger partial charge >= 0.3 is 0 Å². The Morgan fingerprint density at radius 1 is 1.37 bits per heavy atom. The Labute approximate surface area is 163 Å². The van der Waals surface area contributed by atoms with Crippen molar-refractivity contribution in [3.8, 4) is 17.4 Å². The normalized spacial score (nSPS) is 12.6. The van der Waals surface area contributed by atoms with E-state index < -0.39 is 5.54 Å². The molecule has 144 valence electrons. The molecule has 0 aliphatic heterocycles. The highest BCUT2D eigenvalue weighted by Crippen LogP contribution is 2.31. The molecule has 0 fully saturated rings. The maximum atomic E-state index is 12.8. The number of pyridine rings is 1. The van der Waals surface area contributed by atoms with Crippen LogP contribution in [0.5, 0.6) is 17.4 Å². The Morgan fingerprint density at radius 3 is 2.74 bits per heavy atom. The first-order chi connectivity index (χ1) is 12.8. The lowest BCUT2D eigenvalue weighted by Crippen LogP contribution is -2.54. The quantitative estimate of drug-likeness (QED) is 0.697. The van der Waals surface area contributed by atoms with Gasteiger partial charge in [-0.05, 0) is 31.5 Å². The van der Waals surface area contributed by atoms with Crippen molar-refractivity contribution in [3.05, 3.63) is 41.6 Å². The average molecular weight is 392 g/mol. The molecule has 0 saturated heterocycles. The smallest absolute Gasteiger partial charge is 0.252 e. The molecule has 0 saturated carbocycles. The van der Waals surface area contributed by atoms with Crippen LogP contribution >= 0.6 is 11.6 Å². The van der Waals surface area contributed by atoms with Gasteiger partial charge in [0.15, 0.2) is 0 Å². The van der Waals surface area contributed by atoms with Crippen LogP contribution in [0.25, 0.3) is 0 Å². The van der Waals surface area contributed by atoms with E-state index in [1.807, 2.05) is 6.92 Å². The zero-order valence-electron chi connectivity index (χ0n) is 15.7. The number of nitrogens with zero attached hydrogens (tertiary/aromatic N) is 2. The summed E-state index contributed by atoms with van der Waals surface area (Å²) in [5.41, 5.74) is -0.414. The summed E-state index contributed by atoms with van der Waals surface area (Å²) in [5.74, 6) is 1.03. The number of amides is 2. The van der Waals surface area contributed by atoms with Crippen LogP contribution in [-0.4, -0.2) is 37.0 Å². The number of benzene rings is 1.